The number of ether oxygens (including phenoxy) is 1. The number of benzene rings is 1. The van der Waals surface area contributed by atoms with Gasteiger partial charge >= 0.3 is 0 Å². The normalized spacial score (nSPS) is 21.4. The summed E-state index contributed by atoms with van der Waals surface area (Å²) in [7, 11) is 1.99. The van der Waals surface area contributed by atoms with Crippen molar-refractivity contribution in [1.82, 2.24) is 9.78 Å². The topological polar surface area (TPSA) is 27.1 Å². The Labute approximate surface area is 95.0 Å². The lowest BCUT2D eigenvalue weighted by atomic mass is 9.91. The molecule has 1 atom stereocenters. The molecule has 2 aromatic rings. The van der Waals surface area contributed by atoms with Crippen molar-refractivity contribution in [2.75, 3.05) is 13.2 Å². The summed E-state index contributed by atoms with van der Waals surface area (Å²) in [5.41, 5.74) is 2.60. The summed E-state index contributed by atoms with van der Waals surface area (Å²) in [4.78, 5) is 0. The molecule has 0 spiro atoms. The van der Waals surface area contributed by atoms with Gasteiger partial charge in [-0.2, -0.15) is 5.10 Å². The molecule has 2 heterocycles. The van der Waals surface area contributed by atoms with E-state index in [0.29, 0.717) is 5.92 Å². The quantitative estimate of drug-likeness (QED) is 0.732. The van der Waals surface area contributed by atoms with Crippen LogP contribution >= 0.6 is 0 Å². The van der Waals surface area contributed by atoms with Gasteiger partial charge in [-0.25, -0.2) is 0 Å². The summed E-state index contributed by atoms with van der Waals surface area (Å²) in [5, 5.41) is 5.61. The van der Waals surface area contributed by atoms with E-state index in [0.717, 1.165) is 13.2 Å². The first-order chi connectivity index (χ1) is 7.86. The van der Waals surface area contributed by atoms with E-state index in [1.54, 1.807) is 0 Å². The molecule has 1 aromatic heterocycles. The highest BCUT2D eigenvalue weighted by molar-refractivity contribution is 5.82. The molecule has 1 unspecified atom stereocenters. The molecule has 84 valence electrons. The third-order valence-corrected chi connectivity index (χ3v) is 3.43. The number of hydrogen-bond donors (Lipinski definition) is 0. The van der Waals surface area contributed by atoms with E-state index >= 15 is 0 Å². The second kappa shape index (κ2) is 3.91. The maximum Gasteiger partial charge on any atom is 0.0681 e. The molecule has 0 saturated carbocycles. The molecule has 1 aliphatic heterocycles. The molecule has 1 saturated heterocycles. The molecule has 3 nitrogen and oxygen atoms in total. The van der Waals surface area contributed by atoms with Gasteiger partial charge in [0.25, 0.3) is 0 Å². The summed E-state index contributed by atoms with van der Waals surface area (Å²) in [6.45, 7) is 1.77. The van der Waals surface area contributed by atoms with E-state index in [-0.39, 0.29) is 0 Å². The number of aryl methyl sites for hydroxylation is 1. The van der Waals surface area contributed by atoms with Crippen LogP contribution in [0, 0.1) is 0 Å². The van der Waals surface area contributed by atoms with Crippen molar-refractivity contribution in [3.63, 3.8) is 0 Å². The van der Waals surface area contributed by atoms with Gasteiger partial charge in [0.1, 0.15) is 0 Å². The molecule has 1 aromatic carbocycles. The van der Waals surface area contributed by atoms with E-state index in [9.17, 15) is 0 Å². The second-order valence-electron chi connectivity index (χ2n) is 4.46. The number of fused-ring (bicyclic) bond motifs is 1. The molecule has 1 fully saturated rings. The highest BCUT2D eigenvalue weighted by Gasteiger charge is 2.18. The van der Waals surface area contributed by atoms with Crippen molar-refractivity contribution in [2.24, 2.45) is 7.05 Å². The Morgan fingerprint density at radius 2 is 2.38 bits per heavy atom. The molecular weight excluding hydrogens is 200 g/mol. The molecule has 0 aliphatic carbocycles. The fraction of sp³-hybridized carbons (Fsp3) is 0.462. The lowest BCUT2D eigenvalue weighted by Gasteiger charge is -2.22. The van der Waals surface area contributed by atoms with Gasteiger partial charge < -0.3 is 4.74 Å². The minimum absolute atomic E-state index is 0.543. The predicted molar refractivity (Wildman–Crippen MR) is 63.5 cm³/mol. The first-order valence-corrected chi connectivity index (χ1v) is 5.84. The predicted octanol–water partition coefficient (Wildman–Crippen LogP) is 2.47. The largest absolute Gasteiger partial charge is 0.381 e. The van der Waals surface area contributed by atoms with E-state index in [1.165, 1.54) is 29.3 Å². The summed E-state index contributed by atoms with van der Waals surface area (Å²) in [5.74, 6) is 0.543. The standard InChI is InChI=1S/C13H16N2O/c1-15-13-6-2-5-11(12(13)8-14-15)10-4-3-7-16-9-10/h2,5-6,8,10H,3-4,7,9H2,1H3. The zero-order chi connectivity index (χ0) is 11.0. The SMILES string of the molecule is Cn1ncc2c(C3CCCOC3)cccc21. The lowest BCUT2D eigenvalue weighted by Crippen LogP contribution is -2.15. The summed E-state index contributed by atoms with van der Waals surface area (Å²) < 4.78 is 7.50. The average molecular weight is 216 g/mol. The maximum absolute atomic E-state index is 5.57. The van der Waals surface area contributed by atoms with Crippen molar-refractivity contribution < 1.29 is 4.74 Å². The molecule has 0 amide bonds. The van der Waals surface area contributed by atoms with Crippen molar-refractivity contribution in [2.45, 2.75) is 18.8 Å². The average Bonchev–Trinajstić information content (AvgIpc) is 2.73. The van der Waals surface area contributed by atoms with Crippen molar-refractivity contribution in [1.29, 1.82) is 0 Å². The van der Waals surface area contributed by atoms with Crippen LogP contribution in [0.5, 0.6) is 0 Å². The lowest BCUT2D eigenvalue weighted by molar-refractivity contribution is 0.0808. The van der Waals surface area contributed by atoms with Gasteiger partial charge in [-0.05, 0) is 24.5 Å². The van der Waals surface area contributed by atoms with Crippen LogP contribution in [0.2, 0.25) is 0 Å². The van der Waals surface area contributed by atoms with Gasteiger partial charge in [0.2, 0.25) is 0 Å². The third kappa shape index (κ3) is 1.52. The fourth-order valence-electron chi connectivity index (χ4n) is 2.54. The van der Waals surface area contributed by atoms with Crippen molar-refractivity contribution in [3.05, 3.63) is 30.0 Å². The van der Waals surface area contributed by atoms with Gasteiger partial charge in [-0.15, -0.1) is 0 Å². The minimum Gasteiger partial charge on any atom is -0.381 e. The van der Waals surface area contributed by atoms with E-state index in [2.05, 4.69) is 23.3 Å². The Morgan fingerprint density at radius 1 is 1.44 bits per heavy atom. The highest BCUT2D eigenvalue weighted by Crippen LogP contribution is 2.30. The van der Waals surface area contributed by atoms with Gasteiger partial charge in [0, 0.05) is 25.0 Å². The van der Waals surface area contributed by atoms with E-state index in [1.807, 2.05) is 17.9 Å². The molecule has 0 radical (unpaired) electrons. The number of nitrogens with zero attached hydrogens (tertiary/aromatic N) is 2. The Morgan fingerprint density at radius 3 is 3.19 bits per heavy atom. The number of rotatable bonds is 1. The zero-order valence-corrected chi connectivity index (χ0v) is 9.52. The molecule has 1 aliphatic rings. The van der Waals surface area contributed by atoms with Gasteiger partial charge in [-0.1, -0.05) is 12.1 Å². The molecule has 3 heteroatoms. The Kier molecular flexibility index (Phi) is 2.40. The molecular formula is C13H16N2O. The monoisotopic (exact) mass is 216 g/mol. The van der Waals surface area contributed by atoms with Crippen LogP contribution in [0.1, 0.15) is 24.3 Å². The van der Waals surface area contributed by atoms with Crippen LogP contribution in [-0.2, 0) is 11.8 Å². The number of hydrogen-bond acceptors (Lipinski definition) is 2. The summed E-state index contributed by atoms with van der Waals surface area (Å²) >= 11 is 0. The maximum atomic E-state index is 5.57. The summed E-state index contributed by atoms with van der Waals surface area (Å²) in [6, 6.07) is 6.45. The fourth-order valence-corrected chi connectivity index (χ4v) is 2.54. The van der Waals surface area contributed by atoms with Crippen molar-refractivity contribution >= 4 is 10.9 Å². The highest BCUT2D eigenvalue weighted by atomic mass is 16.5. The second-order valence-corrected chi connectivity index (χ2v) is 4.46. The van der Waals surface area contributed by atoms with Crippen LogP contribution in [0.15, 0.2) is 24.4 Å². The number of aromatic nitrogens is 2. The Balaban J connectivity index is 2.08. The smallest absolute Gasteiger partial charge is 0.0681 e. The molecule has 16 heavy (non-hydrogen) atoms. The minimum atomic E-state index is 0.543. The molecule has 0 bridgehead atoms. The van der Waals surface area contributed by atoms with E-state index in [4.69, 9.17) is 4.74 Å². The molecule has 3 rings (SSSR count). The summed E-state index contributed by atoms with van der Waals surface area (Å²) in [6.07, 6.45) is 4.37. The third-order valence-electron chi connectivity index (χ3n) is 3.43. The Bertz CT molecular complexity index is 498. The molecule has 0 N–H and O–H groups in total. The Hall–Kier alpha value is -1.35. The van der Waals surface area contributed by atoms with Crippen LogP contribution in [0.3, 0.4) is 0 Å². The van der Waals surface area contributed by atoms with E-state index < -0.39 is 0 Å². The van der Waals surface area contributed by atoms with Crippen LogP contribution in [0.4, 0.5) is 0 Å². The van der Waals surface area contributed by atoms with Crippen LogP contribution in [0.25, 0.3) is 10.9 Å². The zero-order valence-electron chi connectivity index (χ0n) is 9.52. The van der Waals surface area contributed by atoms with Crippen LogP contribution < -0.4 is 0 Å². The van der Waals surface area contributed by atoms with Crippen LogP contribution in [-0.4, -0.2) is 23.0 Å². The first kappa shape index (κ1) is 9.85. The van der Waals surface area contributed by atoms with Gasteiger partial charge in [0.05, 0.1) is 18.3 Å². The first-order valence-electron chi connectivity index (χ1n) is 5.84. The van der Waals surface area contributed by atoms with Gasteiger partial charge in [0.15, 0.2) is 0 Å². The van der Waals surface area contributed by atoms with Gasteiger partial charge in [-0.3, -0.25) is 4.68 Å². The van der Waals surface area contributed by atoms with Crippen molar-refractivity contribution in [3.8, 4) is 0 Å².